The lowest BCUT2D eigenvalue weighted by Gasteiger charge is -2.24. The number of para-hydroxylation sites is 1. The van der Waals surface area contributed by atoms with Gasteiger partial charge in [-0.25, -0.2) is 4.98 Å². The number of carbonyl (C=O) groups is 1. The molecule has 2 aromatic carbocycles. The molecule has 1 amide bonds. The molecule has 0 saturated heterocycles. The third-order valence-corrected chi connectivity index (χ3v) is 7.58. The van der Waals surface area contributed by atoms with Crippen molar-refractivity contribution in [2.24, 2.45) is 7.05 Å². The highest BCUT2D eigenvalue weighted by atomic mass is 16.5. The van der Waals surface area contributed by atoms with Crippen molar-refractivity contribution in [2.45, 2.75) is 51.6 Å². The maximum absolute atomic E-state index is 13.8. The van der Waals surface area contributed by atoms with Crippen LogP contribution in [0.3, 0.4) is 0 Å². The Morgan fingerprint density at radius 1 is 1.08 bits per heavy atom. The highest BCUT2D eigenvalue weighted by molar-refractivity contribution is 5.93. The van der Waals surface area contributed by atoms with E-state index in [-0.39, 0.29) is 11.9 Å². The second-order valence-corrected chi connectivity index (χ2v) is 10.2. The number of methoxy groups -OCH3 is 2. The number of hydrogen-bond acceptors (Lipinski definition) is 5. The van der Waals surface area contributed by atoms with Crippen LogP contribution in [0.15, 0.2) is 42.5 Å². The third-order valence-electron chi connectivity index (χ3n) is 7.58. The Labute approximate surface area is 217 Å². The van der Waals surface area contributed by atoms with Gasteiger partial charge >= 0.3 is 0 Å². The number of hydrogen-bond donors (Lipinski definition) is 0. The third kappa shape index (κ3) is 4.22. The molecule has 190 valence electrons. The predicted molar refractivity (Wildman–Crippen MR) is 143 cm³/mol. The van der Waals surface area contributed by atoms with E-state index in [9.17, 15) is 4.79 Å². The summed E-state index contributed by atoms with van der Waals surface area (Å²) in [7, 11) is 5.12. The van der Waals surface area contributed by atoms with Gasteiger partial charge in [0.15, 0.2) is 11.5 Å². The van der Waals surface area contributed by atoms with Gasteiger partial charge in [0.1, 0.15) is 5.69 Å². The molecule has 7 nitrogen and oxygen atoms in total. The quantitative estimate of drug-likeness (QED) is 0.349. The maximum Gasteiger partial charge on any atom is 0.272 e. The summed E-state index contributed by atoms with van der Waals surface area (Å²) in [6.07, 6.45) is 5.41. The monoisotopic (exact) mass is 496 g/mol. The van der Waals surface area contributed by atoms with E-state index in [4.69, 9.17) is 14.5 Å². The zero-order valence-corrected chi connectivity index (χ0v) is 21.9. The molecule has 0 bridgehead atoms. The van der Waals surface area contributed by atoms with Crippen LogP contribution in [0, 0.1) is 6.92 Å². The number of nitrogens with zero attached hydrogens (tertiary/aromatic N) is 4. The minimum absolute atomic E-state index is 0.00297. The highest BCUT2D eigenvalue weighted by Gasteiger charge is 2.35. The number of aromatic nitrogens is 3. The maximum atomic E-state index is 13.8. The molecule has 2 aromatic heterocycles. The average Bonchev–Trinajstić information content (AvgIpc) is 3.54. The fraction of sp³-hybridized carbons (Fsp3) is 0.367. The molecule has 2 heterocycles. The summed E-state index contributed by atoms with van der Waals surface area (Å²) in [6.45, 7) is 2.38. The van der Waals surface area contributed by atoms with E-state index in [0.717, 1.165) is 59.1 Å². The van der Waals surface area contributed by atoms with Crippen LogP contribution in [-0.4, -0.2) is 45.8 Å². The van der Waals surface area contributed by atoms with Crippen molar-refractivity contribution in [3.63, 3.8) is 0 Å². The molecule has 1 fully saturated rings. The van der Waals surface area contributed by atoms with Crippen molar-refractivity contribution in [3.05, 3.63) is 70.5 Å². The van der Waals surface area contributed by atoms with Gasteiger partial charge in [-0.1, -0.05) is 6.07 Å². The largest absolute Gasteiger partial charge is 0.493 e. The van der Waals surface area contributed by atoms with E-state index >= 15 is 0 Å². The number of rotatable bonds is 7. The smallest absolute Gasteiger partial charge is 0.272 e. The summed E-state index contributed by atoms with van der Waals surface area (Å²) < 4.78 is 13.1. The number of carbonyl (C=O) groups excluding carboxylic acids is 1. The van der Waals surface area contributed by atoms with Gasteiger partial charge in [-0.15, -0.1) is 0 Å². The van der Waals surface area contributed by atoms with E-state index in [0.29, 0.717) is 23.7 Å². The summed E-state index contributed by atoms with van der Waals surface area (Å²) in [6, 6.07) is 14.7. The van der Waals surface area contributed by atoms with Gasteiger partial charge in [-0.3, -0.25) is 9.48 Å². The van der Waals surface area contributed by atoms with Crippen molar-refractivity contribution < 1.29 is 14.3 Å². The van der Waals surface area contributed by atoms with Gasteiger partial charge in [-0.2, -0.15) is 5.10 Å². The summed E-state index contributed by atoms with van der Waals surface area (Å²) in [5.41, 5.74) is 7.89. The molecule has 6 rings (SSSR count). The van der Waals surface area contributed by atoms with Crippen LogP contribution >= 0.6 is 0 Å². The average molecular weight is 497 g/mol. The van der Waals surface area contributed by atoms with Crippen LogP contribution < -0.4 is 9.47 Å². The summed E-state index contributed by atoms with van der Waals surface area (Å²) >= 11 is 0. The van der Waals surface area contributed by atoms with Gasteiger partial charge in [0.2, 0.25) is 0 Å². The lowest BCUT2D eigenvalue weighted by Crippen LogP contribution is -2.34. The second kappa shape index (κ2) is 9.21. The molecular weight excluding hydrogens is 464 g/mol. The first-order valence-corrected chi connectivity index (χ1v) is 12.9. The molecule has 2 aliphatic carbocycles. The number of ether oxygens (including phenoxy) is 2. The molecule has 2 aliphatic rings. The fourth-order valence-corrected chi connectivity index (χ4v) is 5.61. The van der Waals surface area contributed by atoms with E-state index in [2.05, 4.69) is 23.3 Å². The first-order chi connectivity index (χ1) is 18.0. The molecule has 0 radical (unpaired) electrons. The van der Waals surface area contributed by atoms with E-state index < -0.39 is 0 Å². The number of pyridine rings is 1. The predicted octanol–water partition coefficient (Wildman–Crippen LogP) is 5.25. The molecule has 4 aromatic rings. The molecule has 37 heavy (non-hydrogen) atoms. The van der Waals surface area contributed by atoms with Gasteiger partial charge in [-0.05, 0) is 92.1 Å². The number of aryl methyl sites for hydroxylation is 4. The lowest BCUT2D eigenvalue weighted by molar-refractivity contribution is 0.0719. The Kier molecular flexibility index (Phi) is 5.86. The van der Waals surface area contributed by atoms with Crippen LogP contribution in [0.2, 0.25) is 0 Å². The fourth-order valence-electron chi connectivity index (χ4n) is 5.61. The molecule has 0 N–H and O–H groups in total. The molecule has 0 aliphatic heterocycles. The molecule has 0 unspecified atom stereocenters. The molecule has 0 spiro atoms. The van der Waals surface area contributed by atoms with Crippen LogP contribution in [0.25, 0.3) is 22.2 Å². The minimum atomic E-state index is 0.00297. The second-order valence-electron chi connectivity index (χ2n) is 10.2. The number of fused-ring (bicyclic) bond motifs is 2. The molecular formula is C30H32N4O3. The van der Waals surface area contributed by atoms with E-state index in [1.165, 1.54) is 17.5 Å². The summed E-state index contributed by atoms with van der Waals surface area (Å²) in [5.74, 6) is 1.30. The number of amides is 1. The summed E-state index contributed by atoms with van der Waals surface area (Å²) in [5, 5.41) is 5.52. The van der Waals surface area contributed by atoms with Crippen molar-refractivity contribution in [3.8, 4) is 22.8 Å². The Hall–Kier alpha value is -3.87. The van der Waals surface area contributed by atoms with Crippen molar-refractivity contribution >= 4 is 16.8 Å². The Bertz CT molecular complexity index is 1520. The Morgan fingerprint density at radius 2 is 1.86 bits per heavy atom. The zero-order valence-electron chi connectivity index (χ0n) is 21.9. The van der Waals surface area contributed by atoms with Crippen molar-refractivity contribution in [1.82, 2.24) is 19.7 Å². The van der Waals surface area contributed by atoms with E-state index in [1.54, 1.807) is 18.9 Å². The SMILES string of the molecule is COc1cccc(-c2nc3cc4c(cc3cc2CN(C(=O)c2cc(C)nn2C)C2CC2)CCC4)c1OC. The zero-order chi connectivity index (χ0) is 25.7. The van der Waals surface area contributed by atoms with Crippen molar-refractivity contribution in [2.75, 3.05) is 14.2 Å². The number of benzene rings is 2. The normalized spacial score (nSPS) is 14.6. The standard InChI is InChI=1S/C30H32N4O3/c1-18-13-26(33(2)32-18)30(35)34(23-11-12-23)17-22-15-21-14-19-7-5-8-20(19)16-25(21)31-28(22)24-9-6-10-27(36-3)29(24)37-4/h6,9-10,13-16,23H,5,7-8,11-12,17H2,1-4H3. The first-order valence-electron chi connectivity index (χ1n) is 12.9. The molecule has 1 saturated carbocycles. The Balaban J connectivity index is 1.51. The van der Waals surface area contributed by atoms with Crippen LogP contribution in [-0.2, 0) is 26.4 Å². The van der Waals surface area contributed by atoms with E-state index in [1.807, 2.05) is 43.1 Å². The summed E-state index contributed by atoms with van der Waals surface area (Å²) in [4.78, 5) is 20.9. The van der Waals surface area contributed by atoms with Crippen LogP contribution in [0.4, 0.5) is 0 Å². The van der Waals surface area contributed by atoms with Crippen molar-refractivity contribution in [1.29, 1.82) is 0 Å². The van der Waals surface area contributed by atoms with Crippen LogP contribution in [0.1, 0.15) is 52.1 Å². The first kappa shape index (κ1) is 23.5. The molecule has 7 heteroatoms. The molecule has 0 atom stereocenters. The van der Waals surface area contributed by atoms with Gasteiger partial charge in [0.25, 0.3) is 5.91 Å². The van der Waals surface area contributed by atoms with Gasteiger partial charge < -0.3 is 14.4 Å². The minimum Gasteiger partial charge on any atom is -0.493 e. The Morgan fingerprint density at radius 3 is 2.54 bits per heavy atom. The highest BCUT2D eigenvalue weighted by Crippen LogP contribution is 2.41. The lowest BCUT2D eigenvalue weighted by atomic mass is 9.99. The van der Waals surface area contributed by atoms with Crippen LogP contribution in [0.5, 0.6) is 11.5 Å². The van der Waals surface area contributed by atoms with Gasteiger partial charge in [0.05, 0.1) is 31.1 Å². The topological polar surface area (TPSA) is 69.5 Å². The van der Waals surface area contributed by atoms with Gasteiger partial charge in [0, 0.05) is 30.6 Å².